The fraction of sp³-hybridized carbons (Fsp3) is 0.130. The number of furan rings is 1. The fourth-order valence-corrected chi connectivity index (χ4v) is 3.90. The number of methoxy groups -OCH3 is 1. The molecule has 0 aliphatic heterocycles. The van der Waals surface area contributed by atoms with Crippen molar-refractivity contribution >= 4 is 38.9 Å². The van der Waals surface area contributed by atoms with Gasteiger partial charge >= 0.3 is 0 Å². The molecule has 0 spiro atoms. The van der Waals surface area contributed by atoms with Gasteiger partial charge in [0.25, 0.3) is 0 Å². The summed E-state index contributed by atoms with van der Waals surface area (Å²) in [5, 5.41) is 6.05. The summed E-state index contributed by atoms with van der Waals surface area (Å²) in [7, 11) is 1.57. The monoisotopic (exact) mass is 422 g/mol. The van der Waals surface area contributed by atoms with Gasteiger partial charge in [-0.3, -0.25) is 10.1 Å². The van der Waals surface area contributed by atoms with Gasteiger partial charge in [0.1, 0.15) is 17.1 Å². The van der Waals surface area contributed by atoms with Crippen molar-refractivity contribution in [2.45, 2.75) is 13.8 Å². The van der Waals surface area contributed by atoms with Crippen LogP contribution >= 0.6 is 11.3 Å². The molecule has 2 aromatic heterocycles. The maximum atomic E-state index is 13.3. The minimum atomic E-state index is -0.297. The van der Waals surface area contributed by atoms with Crippen LogP contribution in [0.1, 0.15) is 18.2 Å². The van der Waals surface area contributed by atoms with Crippen LogP contribution in [0.4, 0.5) is 9.52 Å². The van der Waals surface area contributed by atoms with E-state index in [2.05, 4.69) is 10.3 Å². The van der Waals surface area contributed by atoms with E-state index in [-0.39, 0.29) is 11.7 Å². The fourth-order valence-electron chi connectivity index (χ4n) is 3.21. The Morgan fingerprint density at radius 2 is 2.03 bits per heavy atom. The predicted molar refractivity (Wildman–Crippen MR) is 117 cm³/mol. The Labute approximate surface area is 176 Å². The van der Waals surface area contributed by atoms with Gasteiger partial charge in [0.15, 0.2) is 5.13 Å². The van der Waals surface area contributed by atoms with Crippen LogP contribution in [-0.4, -0.2) is 18.0 Å². The Kier molecular flexibility index (Phi) is 5.37. The highest BCUT2D eigenvalue weighted by Gasteiger charge is 2.15. The number of nitrogens with zero attached hydrogens (tertiary/aromatic N) is 1. The van der Waals surface area contributed by atoms with Crippen molar-refractivity contribution in [3.8, 4) is 16.9 Å². The second-order valence-electron chi connectivity index (χ2n) is 6.82. The van der Waals surface area contributed by atoms with Gasteiger partial charge in [-0.2, -0.15) is 0 Å². The molecular formula is C23H19FN2O3S. The highest BCUT2D eigenvalue weighted by Crippen LogP contribution is 2.37. The van der Waals surface area contributed by atoms with Crippen LogP contribution in [0, 0.1) is 12.7 Å². The Morgan fingerprint density at radius 3 is 2.70 bits per heavy atom. The first-order chi connectivity index (χ1) is 14.4. The molecule has 30 heavy (non-hydrogen) atoms. The van der Waals surface area contributed by atoms with Crippen LogP contribution in [0.25, 0.3) is 27.7 Å². The van der Waals surface area contributed by atoms with Gasteiger partial charge < -0.3 is 9.15 Å². The van der Waals surface area contributed by atoms with Crippen LogP contribution in [0.3, 0.4) is 0 Å². The van der Waals surface area contributed by atoms with Crippen molar-refractivity contribution in [3.05, 3.63) is 71.2 Å². The molecule has 7 heteroatoms. The number of halogens is 1. The number of rotatable bonds is 5. The maximum Gasteiger partial charge on any atom is 0.250 e. The van der Waals surface area contributed by atoms with Crippen LogP contribution in [0.5, 0.6) is 5.75 Å². The van der Waals surface area contributed by atoms with Crippen LogP contribution in [-0.2, 0) is 4.79 Å². The van der Waals surface area contributed by atoms with Gasteiger partial charge in [-0.15, -0.1) is 11.3 Å². The number of fused-ring (bicyclic) bond motifs is 1. The molecule has 5 nitrogen and oxygen atoms in total. The molecule has 2 aromatic carbocycles. The lowest BCUT2D eigenvalue weighted by molar-refractivity contribution is -0.111. The SMILES string of the molecule is COc1cc2occ(-c3ccc(F)cc3)c2cc1/C(C)=C/C(=O)Nc1nc(C)cs1. The van der Waals surface area contributed by atoms with E-state index in [1.54, 1.807) is 31.6 Å². The third kappa shape index (κ3) is 3.97. The van der Waals surface area contributed by atoms with Crippen molar-refractivity contribution in [2.24, 2.45) is 0 Å². The molecule has 0 saturated carbocycles. The summed E-state index contributed by atoms with van der Waals surface area (Å²) >= 11 is 1.38. The molecule has 0 atom stereocenters. The zero-order chi connectivity index (χ0) is 21.3. The summed E-state index contributed by atoms with van der Waals surface area (Å²) < 4.78 is 24.5. The molecule has 2 heterocycles. The van der Waals surface area contributed by atoms with Crippen molar-refractivity contribution in [2.75, 3.05) is 12.4 Å². The van der Waals surface area contributed by atoms with Crippen LogP contribution in [0.15, 0.2) is 58.5 Å². The zero-order valence-electron chi connectivity index (χ0n) is 16.7. The molecule has 4 rings (SSSR count). The number of allylic oxidation sites excluding steroid dienone is 1. The first kappa shape index (κ1) is 19.8. The summed E-state index contributed by atoms with van der Waals surface area (Å²) in [6, 6.07) is 9.94. The molecule has 4 aromatic rings. The van der Waals surface area contributed by atoms with Crippen LogP contribution < -0.4 is 10.1 Å². The molecular weight excluding hydrogens is 403 g/mol. The predicted octanol–water partition coefficient (Wildman–Crippen LogP) is 6.05. The number of aryl methyl sites for hydroxylation is 1. The highest BCUT2D eigenvalue weighted by molar-refractivity contribution is 7.13. The number of aromatic nitrogens is 1. The lowest BCUT2D eigenvalue weighted by atomic mass is 9.99. The zero-order valence-corrected chi connectivity index (χ0v) is 17.5. The summed E-state index contributed by atoms with van der Waals surface area (Å²) in [5.41, 5.74) is 4.67. The molecule has 152 valence electrons. The standard InChI is InChI=1S/C23H19FN2O3S/c1-13(8-22(27)26-23-25-14(2)12-30-23)17-9-18-19(15-4-6-16(24)7-5-15)11-29-21(18)10-20(17)28-3/h4-12H,1-3H3,(H,25,26,27)/b13-8+. The van der Waals surface area contributed by atoms with Crippen molar-refractivity contribution in [1.82, 2.24) is 4.98 Å². The smallest absolute Gasteiger partial charge is 0.250 e. The van der Waals surface area contributed by atoms with Gasteiger partial charge in [-0.05, 0) is 43.2 Å². The van der Waals surface area contributed by atoms with E-state index in [4.69, 9.17) is 9.15 Å². The molecule has 0 fully saturated rings. The summed E-state index contributed by atoms with van der Waals surface area (Å²) in [6.07, 6.45) is 3.15. The second kappa shape index (κ2) is 8.12. The molecule has 1 N–H and O–H groups in total. The Balaban J connectivity index is 1.72. The third-order valence-corrected chi connectivity index (χ3v) is 5.55. The second-order valence-corrected chi connectivity index (χ2v) is 7.67. The summed E-state index contributed by atoms with van der Waals surface area (Å²) in [6.45, 7) is 3.71. The van der Waals surface area contributed by atoms with E-state index < -0.39 is 0 Å². The maximum absolute atomic E-state index is 13.3. The molecule has 1 amide bonds. The van der Waals surface area contributed by atoms with Gasteiger partial charge in [-0.25, -0.2) is 9.37 Å². The number of benzene rings is 2. The van der Waals surface area contributed by atoms with E-state index in [9.17, 15) is 9.18 Å². The summed E-state index contributed by atoms with van der Waals surface area (Å²) in [5.74, 6) is 0.0261. The number of carbonyl (C=O) groups is 1. The number of hydrogen-bond donors (Lipinski definition) is 1. The molecule has 0 unspecified atom stereocenters. The number of hydrogen-bond acceptors (Lipinski definition) is 5. The normalized spacial score (nSPS) is 11.7. The van der Waals surface area contributed by atoms with Gasteiger partial charge in [-0.1, -0.05) is 12.1 Å². The van der Waals surface area contributed by atoms with Crippen molar-refractivity contribution < 1.29 is 18.3 Å². The minimum Gasteiger partial charge on any atom is -0.496 e. The number of ether oxygens (including phenoxy) is 1. The van der Waals surface area contributed by atoms with E-state index in [1.165, 1.54) is 29.5 Å². The van der Waals surface area contributed by atoms with Crippen molar-refractivity contribution in [3.63, 3.8) is 0 Å². The van der Waals surface area contributed by atoms with E-state index >= 15 is 0 Å². The van der Waals surface area contributed by atoms with Gasteiger partial charge in [0.05, 0.1) is 19.1 Å². The lowest BCUT2D eigenvalue weighted by Crippen LogP contribution is -2.08. The number of thiazole rings is 1. The van der Waals surface area contributed by atoms with E-state index in [0.29, 0.717) is 16.5 Å². The van der Waals surface area contributed by atoms with Crippen molar-refractivity contribution in [1.29, 1.82) is 0 Å². The summed E-state index contributed by atoms with van der Waals surface area (Å²) in [4.78, 5) is 16.7. The Hall–Kier alpha value is -3.45. The lowest BCUT2D eigenvalue weighted by Gasteiger charge is -2.10. The average Bonchev–Trinajstić information content (AvgIpc) is 3.32. The number of amides is 1. The topological polar surface area (TPSA) is 64.4 Å². The molecule has 0 radical (unpaired) electrons. The van der Waals surface area contributed by atoms with E-state index in [0.717, 1.165) is 33.3 Å². The average molecular weight is 422 g/mol. The number of carbonyl (C=O) groups excluding carboxylic acids is 1. The quantitative estimate of drug-likeness (QED) is 0.397. The Bertz CT molecular complexity index is 1260. The highest BCUT2D eigenvalue weighted by atomic mass is 32.1. The third-order valence-electron chi connectivity index (χ3n) is 4.67. The molecule has 0 bridgehead atoms. The first-order valence-corrected chi connectivity index (χ1v) is 10.1. The van der Waals surface area contributed by atoms with Gasteiger partial charge in [0.2, 0.25) is 5.91 Å². The number of nitrogens with one attached hydrogen (secondary N) is 1. The van der Waals surface area contributed by atoms with Gasteiger partial charge in [0, 0.05) is 34.0 Å². The first-order valence-electron chi connectivity index (χ1n) is 9.21. The van der Waals surface area contributed by atoms with Crippen LogP contribution in [0.2, 0.25) is 0 Å². The molecule has 0 saturated heterocycles. The Morgan fingerprint density at radius 1 is 1.27 bits per heavy atom. The minimum absolute atomic E-state index is 0.269. The largest absolute Gasteiger partial charge is 0.496 e. The molecule has 0 aliphatic rings. The number of anilines is 1. The molecule has 0 aliphatic carbocycles. The van der Waals surface area contributed by atoms with E-state index in [1.807, 2.05) is 25.3 Å².